The lowest BCUT2D eigenvalue weighted by atomic mass is 10.1. The van der Waals surface area contributed by atoms with Gasteiger partial charge in [0.25, 0.3) is 0 Å². The lowest BCUT2D eigenvalue weighted by molar-refractivity contribution is 0.291. The number of hydrogen-bond acceptors (Lipinski definition) is 3. The van der Waals surface area contributed by atoms with Crippen LogP contribution in [0.3, 0.4) is 0 Å². The first-order valence-electron chi connectivity index (χ1n) is 7.21. The first-order chi connectivity index (χ1) is 9.11. The number of fused-ring (bicyclic) bond motifs is 1. The van der Waals surface area contributed by atoms with Gasteiger partial charge in [0.05, 0.1) is 0 Å². The minimum atomic E-state index is 0.464. The number of aromatic nitrogens is 1. The first-order valence-corrected chi connectivity index (χ1v) is 7.21. The van der Waals surface area contributed by atoms with Crippen molar-refractivity contribution in [2.45, 2.75) is 33.1 Å². The molecule has 1 aromatic carbocycles. The topological polar surface area (TPSA) is 29.3 Å². The van der Waals surface area contributed by atoms with Gasteiger partial charge in [-0.25, -0.2) is 4.98 Å². The van der Waals surface area contributed by atoms with Crippen LogP contribution in [0.4, 0.5) is 0 Å². The van der Waals surface area contributed by atoms with E-state index in [4.69, 9.17) is 4.42 Å². The molecule has 1 aromatic heterocycles. The summed E-state index contributed by atoms with van der Waals surface area (Å²) in [5.74, 6) is 2.11. The number of benzene rings is 1. The van der Waals surface area contributed by atoms with Gasteiger partial charge in [-0.05, 0) is 43.5 Å². The zero-order valence-corrected chi connectivity index (χ0v) is 12.0. The fraction of sp³-hybridized carbons (Fsp3) is 0.562. The van der Waals surface area contributed by atoms with E-state index in [-0.39, 0.29) is 0 Å². The summed E-state index contributed by atoms with van der Waals surface area (Å²) in [4.78, 5) is 7.20. The highest BCUT2D eigenvalue weighted by Crippen LogP contribution is 2.29. The van der Waals surface area contributed by atoms with E-state index in [1.165, 1.54) is 25.1 Å². The fourth-order valence-corrected chi connectivity index (χ4v) is 2.95. The van der Waals surface area contributed by atoms with Crippen molar-refractivity contribution >= 4 is 11.1 Å². The highest BCUT2D eigenvalue weighted by atomic mass is 16.3. The third-order valence-corrected chi connectivity index (χ3v) is 3.80. The van der Waals surface area contributed by atoms with Crippen molar-refractivity contribution < 1.29 is 4.42 Å². The van der Waals surface area contributed by atoms with Crippen LogP contribution in [0.25, 0.3) is 11.1 Å². The third kappa shape index (κ3) is 2.66. The molecule has 1 aliphatic heterocycles. The molecule has 0 N–H and O–H groups in total. The third-order valence-electron chi connectivity index (χ3n) is 3.80. The van der Waals surface area contributed by atoms with E-state index >= 15 is 0 Å². The first kappa shape index (κ1) is 12.7. The molecule has 3 rings (SSSR count). The molecule has 0 bridgehead atoms. The number of hydrogen-bond donors (Lipinski definition) is 0. The van der Waals surface area contributed by atoms with E-state index in [2.05, 4.69) is 42.8 Å². The second-order valence-electron chi connectivity index (χ2n) is 6.16. The van der Waals surface area contributed by atoms with Crippen molar-refractivity contribution in [2.75, 3.05) is 19.6 Å². The summed E-state index contributed by atoms with van der Waals surface area (Å²) in [7, 11) is 0. The number of aryl methyl sites for hydroxylation is 1. The Morgan fingerprint density at radius 2 is 2.26 bits per heavy atom. The van der Waals surface area contributed by atoms with E-state index in [0.717, 1.165) is 29.5 Å². The smallest absolute Gasteiger partial charge is 0.199 e. The van der Waals surface area contributed by atoms with Gasteiger partial charge in [0.2, 0.25) is 0 Å². The summed E-state index contributed by atoms with van der Waals surface area (Å²) < 4.78 is 5.92. The van der Waals surface area contributed by atoms with Crippen LogP contribution in [0.2, 0.25) is 0 Å². The molecule has 19 heavy (non-hydrogen) atoms. The van der Waals surface area contributed by atoms with Crippen molar-refractivity contribution in [1.29, 1.82) is 0 Å². The van der Waals surface area contributed by atoms with E-state index in [1.807, 2.05) is 6.07 Å². The maximum absolute atomic E-state index is 5.92. The van der Waals surface area contributed by atoms with Crippen LogP contribution < -0.4 is 0 Å². The molecular formula is C16H22N2O. The van der Waals surface area contributed by atoms with E-state index in [0.29, 0.717) is 5.92 Å². The van der Waals surface area contributed by atoms with Gasteiger partial charge in [-0.15, -0.1) is 0 Å². The van der Waals surface area contributed by atoms with Crippen molar-refractivity contribution in [3.63, 3.8) is 0 Å². The molecule has 1 fully saturated rings. The van der Waals surface area contributed by atoms with Gasteiger partial charge in [0, 0.05) is 19.0 Å². The molecule has 0 spiro atoms. The highest BCUT2D eigenvalue weighted by molar-refractivity contribution is 5.73. The van der Waals surface area contributed by atoms with Crippen molar-refractivity contribution in [2.24, 2.45) is 5.92 Å². The summed E-state index contributed by atoms with van der Waals surface area (Å²) in [5, 5.41) is 0. The van der Waals surface area contributed by atoms with Crippen LogP contribution in [0.5, 0.6) is 0 Å². The van der Waals surface area contributed by atoms with Gasteiger partial charge in [-0.3, -0.25) is 0 Å². The number of nitrogens with zero attached hydrogens (tertiary/aromatic N) is 2. The lowest BCUT2D eigenvalue weighted by Crippen LogP contribution is -2.24. The molecule has 3 heteroatoms. The van der Waals surface area contributed by atoms with Gasteiger partial charge in [-0.1, -0.05) is 19.9 Å². The van der Waals surface area contributed by atoms with Crippen molar-refractivity contribution in [1.82, 2.24) is 9.88 Å². The summed E-state index contributed by atoms with van der Waals surface area (Å²) >= 11 is 0. The molecule has 1 aliphatic rings. The molecule has 2 heterocycles. The molecule has 2 aromatic rings. The van der Waals surface area contributed by atoms with Gasteiger partial charge in [0.1, 0.15) is 5.52 Å². The quantitative estimate of drug-likeness (QED) is 0.842. The molecule has 3 nitrogen and oxygen atoms in total. The minimum Gasteiger partial charge on any atom is -0.440 e. The summed E-state index contributed by atoms with van der Waals surface area (Å²) in [5.41, 5.74) is 3.15. The van der Waals surface area contributed by atoms with Crippen LogP contribution in [0, 0.1) is 12.8 Å². The van der Waals surface area contributed by atoms with Crippen LogP contribution in [0.1, 0.15) is 37.6 Å². The fourth-order valence-electron chi connectivity index (χ4n) is 2.95. The normalized spacial score (nSPS) is 20.7. The van der Waals surface area contributed by atoms with Gasteiger partial charge in [-0.2, -0.15) is 0 Å². The van der Waals surface area contributed by atoms with Crippen molar-refractivity contribution in [3.8, 4) is 0 Å². The van der Waals surface area contributed by atoms with E-state index in [9.17, 15) is 0 Å². The zero-order chi connectivity index (χ0) is 13.4. The zero-order valence-electron chi connectivity index (χ0n) is 12.0. The van der Waals surface area contributed by atoms with E-state index in [1.54, 1.807) is 0 Å². The predicted octanol–water partition coefficient (Wildman–Crippen LogP) is 3.58. The summed E-state index contributed by atoms with van der Waals surface area (Å²) in [6.45, 7) is 10.1. The molecule has 102 valence electrons. The van der Waals surface area contributed by atoms with Gasteiger partial charge < -0.3 is 9.32 Å². The number of likely N-dealkylation sites (tertiary alicyclic amines) is 1. The minimum absolute atomic E-state index is 0.464. The Kier molecular flexibility index (Phi) is 3.31. The maximum atomic E-state index is 5.92. The SMILES string of the molecule is Cc1ccc2oc([C@@H]3CCN(CC(C)C)C3)nc2c1. The van der Waals surface area contributed by atoms with Crippen LogP contribution >= 0.6 is 0 Å². The Morgan fingerprint density at radius 1 is 1.42 bits per heavy atom. The molecular weight excluding hydrogens is 236 g/mol. The molecule has 1 saturated heterocycles. The lowest BCUT2D eigenvalue weighted by Gasteiger charge is -2.17. The monoisotopic (exact) mass is 258 g/mol. The maximum Gasteiger partial charge on any atom is 0.199 e. The second kappa shape index (κ2) is 4.97. The summed E-state index contributed by atoms with van der Waals surface area (Å²) in [6, 6.07) is 6.21. The van der Waals surface area contributed by atoms with Gasteiger partial charge >= 0.3 is 0 Å². The largest absolute Gasteiger partial charge is 0.440 e. The summed E-state index contributed by atoms with van der Waals surface area (Å²) in [6.07, 6.45) is 1.17. The Balaban J connectivity index is 1.78. The van der Waals surface area contributed by atoms with Gasteiger partial charge in [0.15, 0.2) is 11.5 Å². The standard InChI is InChI=1S/C16H22N2O/c1-11(2)9-18-7-6-13(10-18)16-17-14-8-12(3)4-5-15(14)19-16/h4-5,8,11,13H,6-7,9-10H2,1-3H3/t13-/m1/s1. The molecule has 0 saturated carbocycles. The Bertz CT molecular complexity index is 573. The number of oxazole rings is 1. The number of rotatable bonds is 3. The molecule has 0 unspecified atom stereocenters. The molecule has 0 radical (unpaired) electrons. The average molecular weight is 258 g/mol. The average Bonchev–Trinajstić information content (AvgIpc) is 2.93. The van der Waals surface area contributed by atoms with Crippen LogP contribution in [0.15, 0.2) is 22.6 Å². The Labute approximate surface area is 114 Å². The highest BCUT2D eigenvalue weighted by Gasteiger charge is 2.27. The molecule has 1 atom stereocenters. The van der Waals surface area contributed by atoms with E-state index < -0.39 is 0 Å². The Hall–Kier alpha value is -1.35. The second-order valence-corrected chi connectivity index (χ2v) is 6.16. The van der Waals surface area contributed by atoms with Crippen molar-refractivity contribution in [3.05, 3.63) is 29.7 Å². The Morgan fingerprint density at radius 3 is 3.05 bits per heavy atom. The predicted molar refractivity (Wildman–Crippen MR) is 77.4 cm³/mol. The van der Waals surface area contributed by atoms with Crippen LogP contribution in [-0.4, -0.2) is 29.5 Å². The molecule has 0 aliphatic carbocycles. The molecule has 0 amide bonds. The van der Waals surface area contributed by atoms with Crippen LogP contribution in [-0.2, 0) is 0 Å².